The number of hydrogen-bond donors (Lipinski definition) is 3. The molecule has 1 aliphatic rings. The van der Waals surface area contributed by atoms with Crippen LogP contribution in [0.2, 0.25) is 0 Å². The van der Waals surface area contributed by atoms with Gasteiger partial charge < -0.3 is 20.4 Å². The number of benzene rings is 1. The average Bonchev–Trinajstić information content (AvgIpc) is 3.09. The molecule has 24 heavy (non-hydrogen) atoms. The molecule has 2 heterocycles. The summed E-state index contributed by atoms with van der Waals surface area (Å²) in [5, 5.41) is 22.7. The van der Waals surface area contributed by atoms with Crippen molar-refractivity contribution in [3.8, 4) is 0 Å². The van der Waals surface area contributed by atoms with E-state index in [0.29, 0.717) is 11.4 Å². The molecule has 1 aromatic carbocycles. The number of nitrogens with one attached hydrogen (secondary N) is 1. The summed E-state index contributed by atoms with van der Waals surface area (Å²) in [5.41, 5.74) is 0.637. The number of hydrogen-bond acceptors (Lipinski definition) is 6. The van der Waals surface area contributed by atoms with Crippen molar-refractivity contribution in [2.45, 2.75) is 25.0 Å². The van der Waals surface area contributed by atoms with Crippen molar-refractivity contribution in [2.24, 2.45) is 0 Å². The topological polar surface area (TPSA) is 81.5 Å². The highest BCUT2D eigenvalue weighted by Crippen LogP contribution is 2.24. The van der Waals surface area contributed by atoms with E-state index in [1.54, 1.807) is 12.1 Å². The van der Waals surface area contributed by atoms with Gasteiger partial charge in [0.2, 0.25) is 0 Å². The summed E-state index contributed by atoms with van der Waals surface area (Å²) in [6.45, 7) is 1.22. The van der Waals surface area contributed by atoms with Gasteiger partial charge in [0.05, 0.1) is 18.8 Å². The Morgan fingerprint density at radius 2 is 2.08 bits per heavy atom. The van der Waals surface area contributed by atoms with E-state index in [1.165, 1.54) is 18.5 Å². The fraction of sp³-hybridized carbons (Fsp3) is 0.412. The van der Waals surface area contributed by atoms with Crippen LogP contribution in [0.3, 0.4) is 0 Å². The Kier molecular flexibility index (Phi) is 5.22. The van der Waals surface area contributed by atoms with Crippen molar-refractivity contribution in [3.63, 3.8) is 0 Å². The van der Waals surface area contributed by atoms with Crippen molar-refractivity contribution < 1.29 is 14.6 Å². The summed E-state index contributed by atoms with van der Waals surface area (Å²) < 4.78 is 12.9. The normalized spacial score (nSPS) is 18.6. The van der Waals surface area contributed by atoms with Crippen molar-refractivity contribution in [1.82, 2.24) is 9.97 Å². The van der Waals surface area contributed by atoms with E-state index >= 15 is 0 Å². The Hall–Kier alpha value is -2.25. The third-order valence-electron chi connectivity index (χ3n) is 4.27. The number of anilines is 2. The number of aliphatic hydroxyl groups excluding tert-OH is 2. The molecule has 3 N–H and O–H groups in total. The van der Waals surface area contributed by atoms with Crippen LogP contribution in [0.25, 0.3) is 0 Å². The number of halogens is 1. The largest absolute Gasteiger partial charge is 0.394 e. The van der Waals surface area contributed by atoms with Crippen molar-refractivity contribution in [3.05, 3.63) is 48.0 Å². The van der Waals surface area contributed by atoms with E-state index in [9.17, 15) is 14.6 Å². The molecule has 128 valence electrons. The maximum atomic E-state index is 12.9. The zero-order valence-corrected chi connectivity index (χ0v) is 13.3. The zero-order chi connectivity index (χ0) is 16.9. The molecular weight excluding hydrogens is 311 g/mol. The first kappa shape index (κ1) is 16.6. The molecule has 6 nitrogen and oxygen atoms in total. The molecule has 0 saturated carbocycles. The molecule has 0 unspecified atom stereocenters. The van der Waals surface area contributed by atoms with Crippen LogP contribution in [0.15, 0.2) is 36.7 Å². The molecule has 7 heteroatoms. The van der Waals surface area contributed by atoms with Gasteiger partial charge in [-0.3, -0.25) is 0 Å². The van der Waals surface area contributed by atoms with Gasteiger partial charge in [-0.25, -0.2) is 14.4 Å². The molecule has 0 spiro atoms. The minimum Gasteiger partial charge on any atom is -0.394 e. The molecule has 0 bridgehead atoms. The van der Waals surface area contributed by atoms with Gasteiger partial charge in [-0.15, -0.1) is 0 Å². The Labute approximate surface area is 140 Å². The number of rotatable bonds is 6. The summed E-state index contributed by atoms with van der Waals surface area (Å²) in [6, 6.07) is 7.67. The van der Waals surface area contributed by atoms with E-state index in [-0.39, 0.29) is 25.0 Å². The highest BCUT2D eigenvalue weighted by molar-refractivity contribution is 5.50. The maximum Gasteiger partial charge on any atom is 0.134 e. The molecule has 1 aromatic heterocycles. The van der Waals surface area contributed by atoms with E-state index in [2.05, 4.69) is 20.2 Å². The Morgan fingerprint density at radius 3 is 2.83 bits per heavy atom. The quantitative estimate of drug-likeness (QED) is 0.747. The van der Waals surface area contributed by atoms with Crippen molar-refractivity contribution in [2.75, 3.05) is 29.9 Å². The fourth-order valence-corrected chi connectivity index (χ4v) is 2.93. The summed E-state index contributed by atoms with van der Waals surface area (Å²) in [7, 11) is 0. The summed E-state index contributed by atoms with van der Waals surface area (Å²) in [4.78, 5) is 10.5. The molecule has 2 atom stereocenters. The monoisotopic (exact) mass is 332 g/mol. The smallest absolute Gasteiger partial charge is 0.134 e. The standard InChI is InChI=1S/C17H21FN4O2/c18-13-5-3-12(4-6-13)15(24)9-19-16-8-17(21-11-20-16)22-7-1-2-14(22)10-23/h3-6,8,11,14-15,23-24H,1-2,7,9-10H2,(H,19,20,21)/t14-,15+/m0/s1. The average molecular weight is 332 g/mol. The number of aliphatic hydroxyl groups is 2. The van der Waals surface area contributed by atoms with Crippen LogP contribution in [0.5, 0.6) is 0 Å². The van der Waals surface area contributed by atoms with Crippen LogP contribution in [0, 0.1) is 5.82 Å². The molecule has 1 aliphatic heterocycles. The third-order valence-corrected chi connectivity index (χ3v) is 4.27. The Balaban J connectivity index is 1.63. The second kappa shape index (κ2) is 7.55. The Morgan fingerprint density at radius 1 is 1.29 bits per heavy atom. The molecule has 0 aliphatic carbocycles. The van der Waals surface area contributed by atoms with Gasteiger partial charge in [-0.2, -0.15) is 0 Å². The third kappa shape index (κ3) is 3.80. The lowest BCUT2D eigenvalue weighted by molar-refractivity contribution is 0.191. The van der Waals surface area contributed by atoms with Gasteiger partial charge in [-0.1, -0.05) is 12.1 Å². The SMILES string of the molecule is OC[C@@H]1CCCN1c1cc(NC[C@@H](O)c2ccc(F)cc2)ncn1. The van der Waals surface area contributed by atoms with Gasteiger partial charge in [0.1, 0.15) is 23.8 Å². The first-order chi connectivity index (χ1) is 11.7. The predicted octanol–water partition coefficient (Wildman–Crippen LogP) is 1.72. The van der Waals surface area contributed by atoms with E-state index in [1.807, 2.05) is 6.07 Å². The number of aromatic nitrogens is 2. The maximum absolute atomic E-state index is 12.9. The lowest BCUT2D eigenvalue weighted by atomic mass is 10.1. The van der Waals surface area contributed by atoms with Crippen LogP contribution in [0.1, 0.15) is 24.5 Å². The van der Waals surface area contributed by atoms with Gasteiger partial charge >= 0.3 is 0 Å². The first-order valence-corrected chi connectivity index (χ1v) is 8.04. The summed E-state index contributed by atoms with van der Waals surface area (Å²) >= 11 is 0. The molecule has 1 saturated heterocycles. The second-order valence-electron chi connectivity index (χ2n) is 5.88. The van der Waals surface area contributed by atoms with Crippen LogP contribution >= 0.6 is 0 Å². The van der Waals surface area contributed by atoms with E-state index in [4.69, 9.17) is 0 Å². The van der Waals surface area contributed by atoms with Crippen molar-refractivity contribution >= 4 is 11.6 Å². The predicted molar refractivity (Wildman–Crippen MR) is 89.3 cm³/mol. The van der Waals surface area contributed by atoms with Gasteiger partial charge in [-0.05, 0) is 30.5 Å². The highest BCUT2D eigenvalue weighted by atomic mass is 19.1. The zero-order valence-electron chi connectivity index (χ0n) is 13.3. The van der Waals surface area contributed by atoms with E-state index in [0.717, 1.165) is 25.2 Å². The van der Waals surface area contributed by atoms with Gasteiger partial charge in [0.25, 0.3) is 0 Å². The minimum atomic E-state index is -0.763. The fourth-order valence-electron chi connectivity index (χ4n) is 2.93. The highest BCUT2D eigenvalue weighted by Gasteiger charge is 2.25. The molecule has 1 fully saturated rings. The first-order valence-electron chi connectivity index (χ1n) is 8.04. The van der Waals surface area contributed by atoms with Crippen LogP contribution < -0.4 is 10.2 Å². The minimum absolute atomic E-state index is 0.0950. The molecular formula is C17H21FN4O2. The second-order valence-corrected chi connectivity index (χ2v) is 5.88. The van der Waals surface area contributed by atoms with Crippen LogP contribution in [0.4, 0.5) is 16.0 Å². The lowest BCUT2D eigenvalue weighted by Gasteiger charge is -2.24. The molecule has 0 radical (unpaired) electrons. The summed E-state index contributed by atoms with van der Waals surface area (Å²) in [6.07, 6.45) is 2.68. The molecule has 3 rings (SSSR count). The lowest BCUT2D eigenvalue weighted by Crippen LogP contribution is -2.32. The molecule has 0 amide bonds. The van der Waals surface area contributed by atoms with E-state index < -0.39 is 6.10 Å². The van der Waals surface area contributed by atoms with Gasteiger partial charge in [0.15, 0.2) is 0 Å². The van der Waals surface area contributed by atoms with Crippen molar-refractivity contribution in [1.29, 1.82) is 0 Å². The molecule has 2 aromatic rings. The Bertz CT molecular complexity index is 668. The van der Waals surface area contributed by atoms with Crippen LogP contribution in [-0.4, -0.2) is 45.9 Å². The summed E-state index contributed by atoms with van der Waals surface area (Å²) in [5.74, 6) is 1.04. The van der Waals surface area contributed by atoms with Gasteiger partial charge in [0, 0.05) is 19.2 Å². The number of nitrogens with zero attached hydrogens (tertiary/aromatic N) is 3. The van der Waals surface area contributed by atoms with Crippen LogP contribution in [-0.2, 0) is 0 Å².